The van der Waals surface area contributed by atoms with E-state index in [-0.39, 0.29) is 0 Å². The molecule has 1 aliphatic rings. The van der Waals surface area contributed by atoms with Crippen molar-refractivity contribution in [2.24, 2.45) is 5.92 Å². The van der Waals surface area contributed by atoms with Gasteiger partial charge in [-0.1, -0.05) is 6.07 Å². The van der Waals surface area contributed by atoms with Crippen LogP contribution in [0, 0.1) is 19.8 Å². The largest absolute Gasteiger partial charge is 0.371 e. The van der Waals surface area contributed by atoms with Crippen molar-refractivity contribution in [1.29, 1.82) is 0 Å². The van der Waals surface area contributed by atoms with E-state index in [9.17, 15) is 0 Å². The monoisotopic (exact) mass is 246 g/mol. The van der Waals surface area contributed by atoms with Gasteiger partial charge in [-0.3, -0.25) is 0 Å². The Hall–Kier alpha value is -1.02. The third-order valence-corrected chi connectivity index (χ3v) is 4.04. The van der Waals surface area contributed by atoms with Gasteiger partial charge < -0.3 is 10.2 Å². The van der Waals surface area contributed by atoms with Gasteiger partial charge in [-0.15, -0.1) is 0 Å². The fourth-order valence-electron chi connectivity index (χ4n) is 3.01. The van der Waals surface area contributed by atoms with Crippen molar-refractivity contribution >= 4 is 5.69 Å². The first-order valence-electron chi connectivity index (χ1n) is 7.09. The molecule has 0 bridgehead atoms. The summed E-state index contributed by atoms with van der Waals surface area (Å²) >= 11 is 0. The Morgan fingerprint density at radius 2 is 1.94 bits per heavy atom. The van der Waals surface area contributed by atoms with Crippen LogP contribution in [0.25, 0.3) is 0 Å². The lowest BCUT2D eigenvalue weighted by Gasteiger charge is -2.21. The summed E-state index contributed by atoms with van der Waals surface area (Å²) in [6.07, 6.45) is 2.62. The van der Waals surface area contributed by atoms with Crippen molar-refractivity contribution in [1.82, 2.24) is 5.32 Å². The molecule has 2 atom stereocenters. The minimum Gasteiger partial charge on any atom is -0.371 e. The maximum absolute atomic E-state index is 3.35. The van der Waals surface area contributed by atoms with Crippen molar-refractivity contribution in [2.45, 2.75) is 39.7 Å². The molecule has 2 nitrogen and oxygen atoms in total. The molecule has 1 heterocycles. The van der Waals surface area contributed by atoms with Crippen molar-refractivity contribution in [3.63, 3.8) is 0 Å². The molecule has 0 radical (unpaired) electrons. The van der Waals surface area contributed by atoms with E-state index in [4.69, 9.17) is 0 Å². The summed E-state index contributed by atoms with van der Waals surface area (Å²) in [5.74, 6) is 0.841. The fraction of sp³-hybridized carbons (Fsp3) is 0.625. The zero-order valence-corrected chi connectivity index (χ0v) is 12.2. The number of benzene rings is 1. The van der Waals surface area contributed by atoms with Crippen molar-refractivity contribution < 1.29 is 0 Å². The molecule has 1 N–H and O–H groups in total. The van der Waals surface area contributed by atoms with Gasteiger partial charge in [-0.25, -0.2) is 0 Å². The summed E-state index contributed by atoms with van der Waals surface area (Å²) in [6.45, 7) is 9.08. The molecule has 2 heteroatoms. The standard InChI is InChI=1S/C16H26N2/c1-12-7-13(2)9-16(8-12)18-6-5-15(11-18)10-14(3)17-4/h7-9,14-15,17H,5-6,10-11H2,1-4H3. The number of aryl methyl sites for hydroxylation is 2. The zero-order valence-electron chi connectivity index (χ0n) is 12.2. The normalized spacial score (nSPS) is 21.3. The molecule has 100 valence electrons. The smallest absolute Gasteiger partial charge is 0.0371 e. The lowest BCUT2D eigenvalue weighted by molar-refractivity contribution is 0.444. The lowest BCUT2D eigenvalue weighted by Crippen LogP contribution is -2.26. The fourth-order valence-corrected chi connectivity index (χ4v) is 3.01. The molecule has 1 aromatic rings. The average Bonchev–Trinajstić information content (AvgIpc) is 2.76. The number of nitrogens with one attached hydrogen (secondary N) is 1. The van der Waals surface area contributed by atoms with Gasteiger partial charge in [0.05, 0.1) is 0 Å². The lowest BCUT2D eigenvalue weighted by atomic mass is 10.0. The van der Waals surface area contributed by atoms with E-state index in [1.54, 1.807) is 0 Å². The van der Waals surface area contributed by atoms with E-state index in [0.717, 1.165) is 5.92 Å². The van der Waals surface area contributed by atoms with Crippen LogP contribution in [0.4, 0.5) is 5.69 Å². The van der Waals surface area contributed by atoms with Gasteiger partial charge >= 0.3 is 0 Å². The van der Waals surface area contributed by atoms with Crippen molar-refractivity contribution in [3.05, 3.63) is 29.3 Å². The van der Waals surface area contributed by atoms with Gasteiger partial charge in [0.15, 0.2) is 0 Å². The zero-order chi connectivity index (χ0) is 13.1. The molecule has 1 aromatic carbocycles. The van der Waals surface area contributed by atoms with Crippen LogP contribution < -0.4 is 10.2 Å². The topological polar surface area (TPSA) is 15.3 Å². The van der Waals surface area contributed by atoms with Crippen LogP contribution >= 0.6 is 0 Å². The average molecular weight is 246 g/mol. The van der Waals surface area contributed by atoms with E-state index in [1.165, 1.54) is 42.7 Å². The first-order chi connectivity index (χ1) is 8.58. The van der Waals surface area contributed by atoms with Gasteiger partial charge in [-0.05, 0) is 69.8 Å². The molecule has 1 fully saturated rings. The first-order valence-corrected chi connectivity index (χ1v) is 7.09. The van der Waals surface area contributed by atoms with Crippen molar-refractivity contribution in [3.8, 4) is 0 Å². The Morgan fingerprint density at radius 1 is 1.28 bits per heavy atom. The Morgan fingerprint density at radius 3 is 2.56 bits per heavy atom. The van der Waals surface area contributed by atoms with E-state index in [0.29, 0.717) is 6.04 Å². The molecule has 2 unspecified atom stereocenters. The highest BCUT2D eigenvalue weighted by Gasteiger charge is 2.23. The molecule has 0 aliphatic carbocycles. The van der Waals surface area contributed by atoms with Crippen LogP contribution in [0.15, 0.2) is 18.2 Å². The van der Waals surface area contributed by atoms with E-state index >= 15 is 0 Å². The Kier molecular flexibility index (Phi) is 4.28. The predicted octanol–water partition coefficient (Wildman–Crippen LogP) is 3.13. The van der Waals surface area contributed by atoms with E-state index in [1.807, 2.05) is 0 Å². The quantitative estimate of drug-likeness (QED) is 0.878. The molecular weight excluding hydrogens is 220 g/mol. The second kappa shape index (κ2) is 5.75. The summed E-state index contributed by atoms with van der Waals surface area (Å²) in [7, 11) is 2.06. The van der Waals surface area contributed by atoms with Crippen LogP contribution in [0.2, 0.25) is 0 Å². The third kappa shape index (κ3) is 3.26. The predicted molar refractivity (Wildman–Crippen MR) is 79.4 cm³/mol. The first kappa shape index (κ1) is 13.4. The highest BCUT2D eigenvalue weighted by atomic mass is 15.1. The van der Waals surface area contributed by atoms with Gasteiger partial charge in [0.25, 0.3) is 0 Å². The maximum atomic E-state index is 3.35. The van der Waals surface area contributed by atoms with Gasteiger partial charge in [0.1, 0.15) is 0 Å². The summed E-state index contributed by atoms with van der Waals surface area (Å²) in [5, 5.41) is 3.35. The highest BCUT2D eigenvalue weighted by Crippen LogP contribution is 2.27. The molecule has 1 aliphatic heterocycles. The molecular formula is C16H26N2. The summed E-state index contributed by atoms with van der Waals surface area (Å²) in [5.41, 5.74) is 4.15. The van der Waals surface area contributed by atoms with Crippen LogP contribution in [0.3, 0.4) is 0 Å². The maximum Gasteiger partial charge on any atom is 0.0371 e. The number of rotatable bonds is 4. The molecule has 0 saturated carbocycles. The summed E-state index contributed by atoms with van der Waals surface area (Å²) in [6, 6.07) is 7.52. The van der Waals surface area contributed by atoms with Crippen LogP contribution in [0.1, 0.15) is 30.9 Å². The van der Waals surface area contributed by atoms with Crippen LogP contribution in [-0.2, 0) is 0 Å². The number of nitrogens with zero attached hydrogens (tertiary/aromatic N) is 1. The Bertz CT molecular complexity index is 380. The van der Waals surface area contributed by atoms with Crippen LogP contribution in [0.5, 0.6) is 0 Å². The highest BCUT2D eigenvalue weighted by molar-refractivity contribution is 5.51. The summed E-state index contributed by atoms with van der Waals surface area (Å²) < 4.78 is 0. The number of hydrogen-bond acceptors (Lipinski definition) is 2. The minimum absolute atomic E-state index is 0.634. The van der Waals surface area contributed by atoms with Crippen molar-refractivity contribution in [2.75, 3.05) is 25.0 Å². The molecule has 1 saturated heterocycles. The second-order valence-corrected chi connectivity index (χ2v) is 5.87. The van der Waals surface area contributed by atoms with Gasteiger partial charge in [0.2, 0.25) is 0 Å². The Labute approximate surface area is 111 Å². The van der Waals surface area contributed by atoms with Gasteiger partial charge in [-0.2, -0.15) is 0 Å². The number of anilines is 1. The van der Waals surface area contributed by atoms with Crippen LogP contribution in [-0.4, -0.2) is 26.2 Å². The SMILES string of the molecule is CNC(C)CC1CCN(c2cc(C)cc(C)c2)C1. The molecule has 18 heavy (non-hydrogen) atoms. The molecule has 0 aromatic heterocycles. The molecule has 2 rings (SSSR count). The summed E-state index contributed by atoms with van der Waals surface area (Å²) in [4.78, 5) is 2.55. The minimum atomic E-state index is 0.634. The molecule has 0 amide bonds. The van der Waals surface area contributed by atoms with E-state index in [2.05, 4.69) is 56.2 Å². The van der Waals surface area contributed by atoms with Gasteiger partial charge in [0, 0.05) is 24.8 Å². The number of hydrogen-bond donors (Lipinski definition) is 1. The molecule has 0 spiro atoms. The Balaban J connectivity index is 1.99. The second-order valence-electron chi connectivity index (χ2n) is 5.87. The van der Waals surface area contributed by atoms with E-state index < -0.39 is 0 Å². The third-order valence-electron chi connectivity index (χ3n) is 4.04.